The van der Waals surface area contributed by atoms with E-state index in [0.29, 0.717) is 52.9 Å². The second-order valence-corrected chi connectivity index (χ2v) is 8.35. The number of benzene rings is 2. The lowest BCUT2D eigenvalue weighted by Gasteiger charge is -2.22. The van der Waals surface area contributed by atoms with Crippen LogP contribution in [0.5, 0.6) is 0 Å². The van der Waals surface area contributed by atoms with Gasteiger partial charge in [-0.2, -0.15) is 0 Å². The molecule has 8 heteroatoms. The van der Waals surface area contributed by atoms with Crippen LogP contribution in [0.2, 0.25) is 5.02 Å². The summed E-state index contributed by atoms with van der Waals surface area (Å²) >= 11 is 6.43. The van der Waals surface area contributed by atoms with Crippen molar-refractivity contribution in [2.24, 2.45) is 0 Å². The van der Waals surface area contributed by atoms with Gasteiger partial charge in [-0.3, -0.25) is 9.78 Å². The number of aliphatic hydroxyl groups excluding tert-OH is 1. The largest absolute Gasteiger partial charge is 0.392 e. The van der Waals surface area contributed by atoms with Crippen molar-refractivity contribution >= 4 is 29.5 Å². The molecule has 35 heavy (non-hydrogen) atoms. The van der Waals surface area contributed by atoms with Gasteiger partial charge in [-0.15, -0.1) is 0 Å². The number of aliphatic hydroxyl groups is 1. The molecule has 0 unspecified atom stereocenters. The highest BCUT2D eigenvalue weighted by Crippen LogP contribution is 2.33. The Bertz CT molecular complexity index is 1300. The number of halogens is 2. The number of nitrogens with one attached hydrogen (secondary N) is 1. The number of hydrogen-bond donors (Lipinski definition) is 2. The molecule has 0 saturated carbocycles. The summed E-state index contributed by atoms with van der Waals surface area (Å²) in [5.74, 6) is 0.200. The van der Waals surface area contributed by atoms with Gasteiger partial charge in [0.1, 0.15) is 5.82 Å². The Balaban J connectivity index is 1.66. The molecule has 0 aliphatic rings. The average Bonchev–Trinajstić information content (AvgIpc) is 2.88. The fourth-order valence-corrected chi connectivity index (χ4v) is 3.93. The lowest BCUT2D eigenvalue weighted by atomic mass is 10.1. The van der Waals surface area contributed by atoms with Gasteiger partial charge in [-0.25, -0.2) is 9.37 Å². The van der Waals surface area contributed by atoms with Crippen LogP contribution in [-0.2, 0) is 24.4 Å². The van der Waals surface area contributed by atoms with Gasteiger partial charge in [0.2, 0.25) is 6.41 Å². The van der Waals surface area contributed by atoms with Crippen LogP contribution in [0.25, 0.3) is 11.3 Å². The fourth-order valence-electron chi connectivity index (χ4n) is 3.72. The molecule has 0 aliphatic heterocycles. The Hall–Kier alpha value is -3.81. The Kier molecular flexibility index (Phi) is 8.03. The van der Waals surface area contributed by atoms with Crippen LogP contribution in [-0.4, -0.2) is 28.0 Å². The Morgan fingerprint density at radius 3 is 2.63 bits per heavy atom. The molecule has 4 rings (SSSR count). The first-order chi connectivity index (χ1) is 17.1. The number of pyridine rings is 2. The lowest BCUT2D eigenvalue weighted by molar-refractivity contribution is -0.107. The summed E-state index contributed by atoms with van der Waals surface area (Å²) in [4.78, 5) is 22.5. The van der Waals surface area contributed by atoms with E-state index in [-0.39, 0.29) is 12.4 Å². The molecule has 2 heterocycles. The number of hydrogen-bond acceptors (Lipinski definition) is 5. The maximum atomic E-state index is 13.6. The van der Waals surface area contributed by atoms with E-state index in [2.05, 4.69) is 10.3 Å². The van der Waals surface area contributed by atoms with E-state index in [4.69, 9.17) is 16.6 Å². The van der Waals surface area contributed by atoms with Gasteiger partial charge >= 0.3 is 0 Å². The van der Waals surface area contributed by atoms with E-state index in [1.165, 1.54) is 12.1 Å². The molecule has 2 aromatic carbocycles. The number of carbonyl (C=O) groups excluding carboxylic acids is 1. The van der Waals surface area contributed by atoms with Crippen LogP contribution in [0.1, 0.15) is 16.7 Å². The van der Waals surface area contributed by atoms with Gasteiger partial charge in [-0.05, 0) is 65.6 Å². The molecule has 2 N–H and O–H groups in total. The third kappa shape index (κ3) is 6.20. The first-order valence-corrected chi connectivity index (χ1v) is 11.4. The summed E-state index contributed by atoms with van der Waals surface area (Å²) in [6, 6.07) is 19.0. The van der Waals surface area contributed by atoms with Crippen molar-refractivity contribution in [1.29, 1.82) is 0 Å². The number of anilines is 2. The molecule has 0 bridgehead atoms. The van der Waals surface area contributed by atoms with Crippen molar-refractivity contribution in [2.45, 2.75) is 19.6 Å². The van der Waals surface area contributed by atoms with Crippen molar-refractivity contribution in [3.63, 3.8) is 0 Å². The maximum absolute atomic E-state index is 13.6. The third-order valence-corrected chi connectivity index (χ3v) is 5.80. The minimum atomic E-state index is -0.287. The molecule has 0 radical (unpaired) electrons. The number of nitrogens with zero attached hydrogens (tertiary/aromatic N) is 3. The molecule has 178 valence electrons. The summed E-state index contributed by atoms with van der Waals surface area (Å²) in [7, 11) is 0. The number of carbonyl (C=O) groups is 1. The molecule has 2 aromatic heterocycles. The Morgan fingerprint density at radius 2 is 1.89 bits per heavy atom. The zero-order valence-electron chi connectivity index (χ0n) is 18.9. The van der Waals surface area contributed by atoms with Crippen LogP contribution < -0.4 is 10.2 Å². The highest BCUT2D eigenvalue weighted by molar-refractivity contribution is 6.33. The summed E-state index contributed by atoms with van der Waals surface area (Å²) in [5.41, 5.74) is 4.27. The number of aromatic nitrogens is 2. The van der Waals surface area contributed by atoms with E-state index >= 15 is 0 Å². The van der Waals surface area contributed by atoms with Gasteiger partial charge in [-0.1, -0.05) is 35.9 Å². The van der Waals surface area contributed by atoms with Crippen LogP contribution >= 0.6 is 11.6 Å². The summed E-state index contributed by atoms with van der Waals surface area (Å²) in [6.07, 6.45) is 4.69. The van der Waals surface area contributed by atoms with Crippen LogP contribution in [0, 0.1) is 5.82 Å². The predicted octanol–water partition coefficient (Wildman–Crippen LogP) is 5.25. The monoisotopic (exact) mass is 490 g/mol. The first kappa shape index (κ1) is 24.3. The van der Waals surface area contributed by atoms with Crippen molar-refractivity contribution in [3.8, 4) is 11.3 Å². The van der Waals surface area contributed by atoms with Gasteiger partial charge < -0.3 is 15.3 Å². The minimum absolute atomic E-state index is 0.120. The van der Waals surface area contributed by atoms with Gasteiger partial charge in [0.25, 0.3) is 0 Å². The van der Waals surface area contributed by atoms with Crippen LogP contribution in [0.15, 0.2) is 79.1 Å². The summed E-state index contributed by atoms with van der Waals surface area (Å²) in [5, 5.41) is 13.3. The first-order valence-electron chi connectivity index (χ1n) is 11.1. The molecule has 1 amide bonds. The van der Waals surface area contributed by atoms with Crippen LogP contribution in [0.4, 0.5) is 15.9 Å². The van der Waals surface area contributed by atoms with Gasteiger partial charge in [0.05, 0.1) is 24.5 Å². The number of amides is 1. The number of rotatable bonds is 10. The molecule has 0 fully saturated rings. The van der Waals surface area contributed by atoms with Gasteiger partial charge in [0, 0.05) is 29.5 Å². The lowest BCUT2D eigenvalue weighted by Crippen LogP contribution is -2.23. The molecular formula is C27H24ClFN4O2. The smallest absolute Gasteiger partial charge is 0.214 e. The topological polar surface area (TPSA) is 78.4 Å². The fraction of sp³-hybridized carbons (Fsp3) is 0.148. The van der Waals surface area contributed by atoms with Gasteiger partial charge in [0.15, 0.2) is 5.82 Å². The standard InChI is InChI=1S/C27H24ClFN4O2/c28-24-7-6-20(17-34)14-23(24)25-8-9-26(33(18-35)16-21-4-2-11-30-15-21)27(32-25)31-12-10-19-3-1-5-22(29)13-19/h1-9,11,13-15,18,34H,10,12,16-17H2,(H,31,32). The summed E-state index contributed by atoms with van der Waals surface area (Å²) < 4.78 is 13.6. The second kappa shape index (κ2) is 11.6. The predicted molar refractivity (Wildman–Crippen MR) is 136 cm³/mol. The van der Waals surface area contributed by atoms with Crippen molar-refractivity contribution in [2.75, 3.05) is 16.8 Å². The zero-order valence-corrected chi connectivity index (χ0v) is 19.6. The maximum Gasteiger partial charge on any atom is 0.214 e. The third-order valence-electron chi connectivity index (χ3n) is 5.47. The van der Waals surface area contributed by atoms with Crippen LogP contribution in [0.3, 0.4) is 0 Å². The molecule has 0 atom stereocenters. The highest BCUT2D eigenvalue weighted by atomic mass is 35.5. The minimum Gasteiger partial charge on any atom is -0.392 e. The molecular weight excluding hydrogens is 467 g/mol. The van der Waals surface area contributed by atoms with E-state index in [9.17, 15) is 14.3 Å². The molecule has 0 saturated heterocycles. The molecule has 6 nitrogen and oxygen atoms in total. The second-order valence-electron chi connectivity index (χ2n) is 7.94. The molecule has 0 spiro atoms. The van der Waals surface area contributed by atoms with Crippen molar-refractivity contribution < 1.29 is 14.3 Å². The van der Waals surface area contributed by atoms with Crippen molar-refractivity contribution in [1.82, 2.24) is 9.97 Å². The average molecular weight is 491 g/mol. The van der Waals surface area contributed by atoms with Crippen molar-refractivity contribution in [3.05, 3.63) is 107 Å². The normalized spacial score (nSPS) is 10.7. The quantitative estimate of drug-likeness (QED) is 0.297. The zero-order chi connectivity index (χ0) is 24.6. The van der Waals surface area contributed by atoms with E-state index < -0.39 is 0 Å². The van der Waals surface area contributed by atoms with E-state index in [1.54, 1.807) is 53.7 Å². The van der Waals surface area contributed by atoms with E-state index in [0.717, 1.165) is 17.5 Å². The Labute approximate surface area is 208 Å². The summed E-state index contributed by atoms with van der Waals surface area (Å²) in [6.45, 7) is 0.666. The van der Waals surface area contributed by atoms with E-state index in [1.807, 2.05) is 18.2 Å². The Morgan fingerprint density at radius 1 is 1.03 bits per heavy atom. The SMILES string of the molecule is O=CN(Cc1cccnc1)c1ccc(-c2cc(CO)ccc2Cl)nc1NCCc1cccc(F)c1. The highest BCUT2D eigenvalue weighted by Gasteiger charge is 2.16. The molecule has 0 aliphatic carbocycles. The molecule has 4 aromatic rings.